The van der Waals surface area contributed by atoms with Crippen molar-refractivity contribution in [2.75, 3.05) is 0 Å². The third-order valence-corrected chi connectivity index (χ3v) is 4.80. The second kappa shape index (κ2) is 7.53. The van der Waals surface area contributed by atoms with Crippen LogP contribution in [0, 0.1) is 22.7 Å². The molecule has 3 aromatic rings. The van der Waals surface area contributed by atoms with Crippen LogP contribution in [0.4, 0.5) is 0 Å². The fourth-order valence-electron chi connectivity index (χ4n) is 3.14. The number of nitrogens with zero attached hydrogens (tertiary/aromatic N) is 6. The largest absolute Gasteiger partial charge is 0.342 e. The molecular formula is C21H17N7O. The van der Waals surface area contributed by atoms with Gasteiger partial charge in [0.05, 0.1) is 23.2 Å². The molecule has 1 fully saturated rings. The predicted octanol–water partition coefficient (Wildman–Crippen LogP) is 2.77. The maximum absolute atomic E-state index is 12.8. The van der Waals surface area contributed by atoms with Gasteiger partial charge in [0.2, 0.25) is 0 Å². The van der Waals surface area contributed by atoms with Crippen molar-refractivity contribution in [3.8, 4) is 18.0 Å². The number of rotatable bonds is 5. The molecule has 4 rings (SSSR count). The third kappa shape index (κ3) is 3.83. The maximum atomic E-state index is 12.8. The van der Waals surface area contributed by atoms with Crippen LogP contribution in [0.5, 0.6) is 0 Å². The van der Waals surface area contributed by atoms with Crippen molar-refractivity contribution in [1.29, 1.82) is 10.5 Å². The van der Waals surface area contributed by atoms with Crippen LogP contribution in [0.1, 0.15) is 64.6 Å². The zero-order valence-electron chi connectivity index (χ0n) is 15.7. The van der Waals surface area contributed by atoms with E-state index in [0.29, 0.717) is 34.3 Å². The van der Waals surface area contributed by atoms with E-state index in [0.717, 1.165) is 18.4 Å². The summed E-state index contributed by atoms with van der Waals surface area (Å²) in [6.45, 7) is 1.80. The normalized spacial score (nSPS) is 13.9. The number of aromatic nitrogens is 4. The van der Waals surface area contributed by atoms with Gasteiger partial charge in [-0.2, -0.15) is 20.3 Å². The number of amides is 1. The molecule has 1 aliphatic rings. The minimum absolute atomic E-state index is 0.279. The fraction of sp³-hybridized carbons (Fsp3) is 0.238. The smallest absolute Gasteiger partial charge is 0.251 e. The van der Waals surface area contributed by atoms with Gasteiger partial charge in [0, 0.05) is 11.8 Å². The van der Waals surface area contributed by atoms with Crippen molar-refractivity contribution in [1.82, 2.24) is 25.1 Å². The summed E-state index contributed by atoms with van der Waals surface area (Å²) in [7, 11) is 0. The zero-order valence-corrected chi connectivity index (χ0v) is 15.7. The summed E-state index contributed by atoms with van der Waals surface area (Å²) in [6, 6.07) is 12.3. The molecule has 1 N–H and O–H groups in total. The standard InChI is InChI=1S/C21H17N7O/c1-13(20-25-12-26-28(20)19-5-2-14(9-22)11-24-19)27-21(29)18-7-15(10-23)6-17(8-18)16-3-4-16/h2,5-8,11-13,16H,3-4H2,1H3,(H,27,29)/t13-/m0/s1. The molecule has 0 bridgehead atoms. The topological polar surface area (TPSA) is 120 Å². The summed E-state index contributed by atoms with van der Waals surface area (Å²) in [5, 5.41) is 25.3. The Morgan fingerprint density at radius 1 is 1.17 bits per heavy atom. The Morgan fingerprint density at radius 3 is 2.62 bits per heavy atom. The van der Waals surface area contributed by atoms with Crippen molar-refractivity contribution in [3.63, 3.8) is 0 Å². The highest BCUT2D eigenvalue weighted by Gasteiger charge is 2.25. The molecule has 1 atom stereocenters. The van der Waals surface area contributed by atoms with E-state index in [-0.39, 0.29) is 5.91 Å². The van der Waals surface area contributed by atoms with Gasteiger partial charge in [0.15, 0.2) is 11.6 Å². The molecule has 0 saturated heterocycles. The molecule has 1 aromatic carbocycles. The van der Waals surface area contributed by atoms with E-state index in [1.807, 2.05) is 18.2 Å². The summed E-state index contributed by atoms with van der Waals surface area (Å²) >= 11 is 0. The molecule has 2 aromatic heterocycles. The Bertz CT molecular complexity index is 1150. The predicted molar refractivity (Wildman–Crippen MR) is 103 cm³/mol. The van der Waals surface area contributed by atoms with Gasteiger partial charge in [-0.3, -0.25) is 4.79 Å². The molecule has 1 saturated carbocycles. The Hall–Kier alpha value is -4.04. The van der Waals surface area contributed by atoms with Gasteiger partial charge in [0.25, 0.3) is 5.91 Å². The highest BCUT2D eigenvalue weighted by atomic mass is 16.1. The van der Waals surface area contributed by atoms with E-state index in [2.05, 4.69) is 26.5 Å². The Labute approximate surface area is 167 Å². The zero-order chi connectivity index (χ0) is 20.4. The lowest BCUT2D eigenvalue weighted by atomic mass is 10.0. The first-order chi connectivity index (χ1) is 14.1. The summed E-state index contributed by atoms with van der Waals surface area (Å²) in [5.74, 6) is 1.17. The van der Waals surface area contributed by atoms with Crippen molar-refractivity contribution < 1.29 is 4.79 Å². The number of hydrogen-bond donors (Lipinski definition) is 1. The first-order valence-corrected chi connectivity index (χ1v) is 9.21. The van der Waals surface area contributed by atoms with Crippen molar-refractivity contribution in [2.45, 2.75) is 31.7 Å². The average molecular weight is 383 g/mol. The molecule has 8 heteroatoms. The van der Waals surface area contributed by atoms with Gasteiger partial charge in [-0.25, -0.2) is 9.97 Å². The van der Waals surface area contributed by atoms with Crippen molar-refractivity contribution >= 4 is 5.91 Å². The first-order valence-electron chi connectivity index (χ1n) is 9.21. The molecule has 0 spiro atoms. The van der Waals surface area contributed by atoms with Crippen LogP contribution in [-0.4, -0.2) is 25.7 Å². The summed E-state index contributed by atoms with van der Waals surface area (Å²) in [5.41, 5.74) is 2.42. The van der Waals surface area contributed by atoms with Crippen molar-refractivity contribution in [2.24, 2.45) is 0 Å². The van der Waals surface area contributed by atoms with Crippen LogP contribution in [0.3, 0.4) is 0 Å². The minimum Gasteiger partial charge on any atom is -0.342 e. The lowest BCUT2D eigenvalue weighted by Crippen LogP contribution is -2.29. The lowest BCUT2D eigenvalue weighted by molar-refractivity contribution is 0.0937. The fourth-order valence-corrected chi connectivity index (χ4v) is 3.14. The number of nitrogens with one attached hydrogen (secondary N) is 1. The van der Waals surface area contributed by atoms with Gasteiger partial charge < -0.3 is 5.32 Å². The second-order valence-electron chi connectivity index (χ2n) is 6.97. The number of benzene rings is 1. The van der Waals surface area contributed by atoms with Gasteiger partial charge in [-0.1, -0.05) is 0 Å². The van der Waals surface area contributed by atoms with E-state index in [9.17, 15) is 10.1 Å². The number of pyridine rings is 1. The van der Waals surface area contributed by atoms with Gasteiger partial charge in [-0.15, -0.1) is 0 Å². The van der Waals surface area contributed by atoms with Crippen molar-refractivity contribution in [3.05, 3.63) is 70.9 Å². The van der Waals surface area contributed by atoms with Crippen LogP contribution < -0.4 is 5.32 Å². The molecule has 29 heavy (non-hydrogen) atoms. The van der Waals surface area contributed by atoms with E-state index >= 15 is 0 Å². The van der Waals surface area contributed by atoms with E-state index in [1.54, 1.807) is 25.1 Å². The van der Waals surface area contributed by atoms with E-state index in [4.69, 9.17) is 5.26 Å². The summed E-state index contributed by atoms with van der Waals surface area (Å²) < 4.78 is 1.52. The maximum Gasteiger partial charge on any atom is 0.251 e. The molecule has 142 valence electrons. The second-order valence-corrected chi connectivity index (χ2v) is 6.97. The van der Waals surface area contributed by atoms with E-state index < -0.39 is 6.04 Å². The van der Waals surface area contributed by atoms with Crippen LogP contribution in [0.25, 0.3) is 5.82 Å². The molecule has 0 radical (unpaired) electrons. The van der Waals surface area contributed by atoms with Gasteiger partial charge in [0.1, 0.15) is 12.4 Å². The molecule has 8 nitrogen and oxygen atoms in total. The van der Waals surface area contributed by atoms with Gasteiger partial charge in [-0.05, 0) is 61.6 Å². The number of hydrogen-bond acceptors (Lipinski definition) is 6. The quantitative estimate of drug-likeness (QED) is 0.723. The summed E-state index contributed by atoms with van der Waals surface area (Å²) in [4.78, 5) is 21.3. The molecule has 2 heterocycles. The Kier molecular flexibility index (Phi) is 4.76. The van der Waals surface area contributed by atoms with Crippen LogP contribution in [-0.2, 0) is 0 Å². The lowest BCUT2D eigenvalue weighted by Gasteiger charge is -2.15. The van der Waals surface area contributed by atoms with Gasteiger partial charge >= 0.3 is 0 Å². The monoisotopic (exact) mass is 383 g/mol. The Balaban J connectivity index is 1.56. The third-order valence-electron chi connectivity index (χ3n) is 4.80. The first kappa shape index (κ1) is 18.3. The molecule has 0 unspecified atom stereocenters. The Morgan fingerprint density at radius 2 is 1.97 bits per heavy atom. The molecule has 1 aliphatic carbocycles. The van der Waals surface area contributed by atoms with Crippen LogP contribution in [0.2, 0.25) is 0 Å². The minimum atomic E-state index is -0.447. The number of nitriles is 2. The van der Waals surface area contributed by atoms with Crippen LogP contribution >= 0.6 is 0 Å². The molecular weight excluding hydrogens is 366 g/mol. The number of carbonyl (C=O) groups is 1. The summed E-state index contributed by atoms with van der Waals surface area (Å²) in [6.07, 6.45) is 5.02. The molecule has 1 amide bonds. The average Bonchev–Trinajstić information content (AvgIpc) is 3.49. The number of carbonyl (C=O) groups excluding carboxylic acids is 1. The molecule has 0 aliphatic heterocycles. The highest BCUT2D eigenvalue weighted by molar-refractivity contribution is 5.95. The highest BCUT2D eigenvalue weighted by Crippen LogP contribution is 2.40. The van der Waals surface area contributed by atoms with E-state index in [1.165, 1.54) is 17.2 Å². The SMILES string of the molecule is C[C@H](NC(=O)c1cc(C#N)cc(C2CC2)c1)c1ncnn1-c1ccc(C#N)cn1. The van der Waals surface area contributed by atoms with Crippen LogP contribution in [0.15, 0.2) is 42.9 Å².